The summed E-state index contributed by atoms with van der Waals surface area (Å²) in [5.41, 5.74) is 1.03. The molecule has 1 aromatic rings. The van der Waals surface area contributed by atoms with E-state index in [1.807, 2.05) is 13.2 Å². The highest BCUT2D eigenvalue weighted by atomic mass is 15.4. The van der Waals surface area contributed by atoms with Crippen LogP contribution in [0.4, 0.5) is 0 Å². The second kappa shape index (κ2) is 5.43. The highest BCUT2D eigenvalue weighted by Gasteiger charge is 2.18. The van der Waals surface area contributed by atoms with E-state index in [9.17, 15) is 0 Å². The number of nitrogens with zero attached hydrogens (tertiary/aromatic N) is 3. The van der Waals surface area contributed by atoms with Gasteiger partial charge >= 0.3 is 0 Å². The predicted octanol–water partition coefficient (Wildman–Crippen LogP) is 1.73. The van der Waals surface area contributed by atoms with E-state index >= 15 is 0 Å². The molecule has 0 spiro atoms. The van der Waals surface area contributed by atoms with Crippen LogP contribution in [0, 0.1) is 11.8 Å². The van der Waals surface area contributed by atoms with E-state index in [0.29, 0.717) is 0 Å². The van der Waals surface area contributed by atoms with Gasteiger partial charge in [-0.2, -0.15) is 0 Å². The van der Waals surface area contributed by atoms with Gasteiger partial charge in [-0.05, 0) is 31.2 Å². The summed E-state index contributed by atoms with van der Waals surface area (Å²) in [6, 6.07) is 0. The SMILES string of the molecule is CC1CCCC(CNCc2cn(C)nn2)C1. The number of aryl methyl sites for hydroxylation is 1. The Balaban J connectivity index is 1.67. The van der Waals surface area contributed by atoms with E-state index in [0.717, 1.165) is 30.6 Å². The van der Waals surface area contributed by atoms with Gasteiger partial charge in [0.2, 0.25) is 0 Å². The van der Waals surface area contributed by atoms with Crippen LogP contribution in [0.1, 0.15) is 38.3 Å². The summed E-state index contributed by atoms with van der Waals surface area (Å²) in [4.78, 5) is 0. The minimum Gasteiger partial charge on any atom is -0.311 e. The van der Waals surface area contributed by atoms with Crippen molar-refractivity contribution < 1.29 is 0 Å². The van der Waals surface area contributed by atoms with Crippen LogP contribution in [0.5, 0.6) is 0 Å². The summed E-state index contributed by atoms with van der Waals surface area (Å²) in [5.74, 6) is 1.78. The van der Waals surface area contributed by atoms with Crippen LogP contribution in [0.2, 0.25) is 0 Å². The molecule has 1 N–H and O–H groups in total. The van der Waals surface area contributed by atoms with Crippen molar-refractivity contribution in [3.8, 4) is 0 Å². The van der Waals surface area contributed by atoms with Crippen molar-refractivity contribution >= 4 is 0 Å². The highest BCUT2D eigenvalue weighted by Crippen LogP contribution is 2.27. The fourth-order valence-electron chi connectivity index (χ4n) is 2.63. The molecule has 0 aromatic carbocycles. The Kier molecular flexibility index (Phi) is 3.93. The molecule has 4 heteroatoms. The molecular weight excluding hydrogens is 200 g/mol. The monoisotopic (exact) mass is 222 g/mol. The van der Waals surface area contributed by atoms with E-state index < -0.39 is 0 Å². The summed E-state index contributed by atoms with van der Waals surface area (Å²) in [6.45, 7) is 4.34. The Morgan fingerprint density at radius 3 is 3.06 bits per heavy atom. The molecule has 1 aromatic heterocycles. The lowest BCUT2D eigenvalue weighted by molar-refractivity contribution is 0.274. The predicted molar refractivity (Wildman–Crippen MR) is 63.8 cm³/mol. The van der Waals surface area contributed by atoms with Crippen LogP contribution in [0.15, 0.2) is 6.20 Å². The van der Waals surface area contributed by atoms with E-state index in [4.69, 9.17) is 0 Å². The molecule has 1 aliphatic rings. The van der Waals surface area contributed by atoms with Crippen LogP contribution >= 0.6 is 0 Å². The number of aromatic nitrogens is 3. The first-order chi connectivity index (χ1) is 7.74. The van der Waals surface area contributed by atoms with Crippen LogP contribution < -0.4 is 5.32 Å². The molecule has 0 aliphatic heterocycles. The van der Waals surface area contributed by atoms with E-state index in [2.05, 4.69) is 22.6 Å². The van der Waals surface area contributed by atoms with Crippen molar-refractivity contribution in [1.82, 2.24) is 20.3 Å². The van der Waals surface area contributed by atoms with Gasteiger partial charge in [0.25, 0.3) is 0 Å². The third-order valence-electron chi connectivity index (χ3n) is 3.43. The summed E-state index contributed by atoms with van der Waals surface area (Å²) >= 11 is 0. The first-order valence-corrected chi connectivity index (χ1v) is 6.30. The Morgan fingerprint density at radius 1 is 1.50 bits per heavy atom. The maximum Gasteiger partial charge on any atom is 0.0964 e. The van der Waals surface area contributed by atoms with Crippen molar-refractivity contribution in [2.45, 2.75) is 39.2 Å². The molecule has 1 aliphatic carbocycles. The number of rotatable bonds is 4. The molecule has 16 heavy (non-hydrogen) atoms. The zero-order chi connectivity index (χ0) is 11.4. The van der Waals surface area contributed by atoms with Crippen molar-refractivity contribution in [3.63, 3.8) is 0 Å². The Hall–Kier alpha value is -0.900. The quantitative estimate of drug-likeness (QED) is 0.843. The fraction of sp³-hybridized carbons (Fsp3) is 0.833. The number of hydrogen-bond donors (Lipinski definition) is 1. The maximum absolute atomic E-state index is 4.06. The minimum atomic E-state index is 0.846. The minimum absolute atomic E-state index is 0.846. The first-order valence-electron chi connectivity index (χ1n) is 6.30. The first kappa shape index (κ1) is 11.6. The molecule has 2 atom stereocenters. The van der Waals surface area contributed by atoms with Crippen LogP contribution in [-0.4, -0.2) is 21.5 Å². The molecular formula is C12H22N4. The Bertz CT molecular complexity index is 321. The van der Waals surface area contributed by atoms with Crippen LogP contribution in [-0.2, 0) is 13.6 Å². The number of nitrogens with one attached hydrogen (secondary N) is 1. The van der Waals surface area contributed by atoms with Gasteiger partial charge < -0.3 is 5.32 Å². The lowest BCUT2D eigenvalue weighted by Gasteiger charge is -2.26. The molecule has 1 heterocycles. The largest absolute Gasteiger partial charge is 0.311 e. The standard InChI is InChI=1S/C12H22N4/c1-10-4-3-5-11(6-10)7-13-8-12-9-16(2)15-14-12/h9-11,13H,3-8H2,1-2H3. The van der Waals surface area contributed by atoms with Crippen molar-refractivity contribution in [1.29, 1.82) is 0 Å². The summed E-state index contributed by atoms with van der Waals surface area (Å²) in [6.07, 6.45) is 7.56. The summed E-state index contributed by atoms with van der Waals surface area (Å²) < 4.78 is 1.75. The molecule has 0 amide bonds. The summed E-state index contributed by atoms with van der Waals surface area (Å²) in [5, 5.41) is 11.5. The third-order valence-corrected chi connectivity index (χ3v) is 3.43. The van der Waals surface area contributed by atoms with Gasteiger partial charge in [-0.3, -0.25) is 4.68 Å². The lowest BCUT2D eigenvalue weighted by Crippen LogP contribution is -2.26. The van der Waals surface area contributed by atoms with Crippen LogP contribution in [0.3, 0.4) is 0 Å². The molecule has 0 bridgehead atoms. The molecule has 1 saturated carbocycles. The van der Waals surface area contributed by atoms with E-state index in [1.54, 1.807) is 4.68 Å². The van der Waals surface area contributed by atoms with Gasteiger partial charge in [-0.1, -0.05) is 25.0 Å². The molecule has 2 rings (SSSR count). The van der Waals surface area contributed by atoms with Gasteiger partial charge in [-0.25, -0.2) is 0 Å². The lowest BCUT2D eigenvalue weighted by atomic mass is 9.82. The Labute approximate surface area is 97.4 Å². The Morgan fingerprint density at radius 2 is 2.38 bits per heavy atom. The topological polar surface area (TPSA) is 42.7 Å². The maximum atomic E-state index is 4.06. The summed E-state index contributed by atoms with van der Waals surface area (Å²) in [7, 11) is 1.90. The average molecular weight is 222 g/mol. The van der Waals surface area contributed by atoms with Gasteiger partial charge in [-0.15, -0.1) is 5.10 Å². The third kappa shape index (κ3) is 3.30. The fourth-order valence-corrected chi connectivity index (χ4v) is 2.63. The number of hydrogen-bond acceptors (Lipinski definition) is 3. The van der Waals surface area contributed by atoms with Crippen molar-refractivity contribution in [2.75, 3.05) is 6.54 Å². The zero-order valence-electron chi connectivity index (χ0n) is 10.3. The van der Waals surface area contributed by atoms with Gasteiger partial charge in [0.1, 0.15) is 0 Å². The molecule has 2 unspecified atom stereocenters. The van der Waals surface area contributed by atoms with Crippen LogP contribution in [0.25, 0.3) is 0 Å². The smallest absolute Gasteiger partial charge is 0.0964 e. The molecule has 1 fully saturated rings. The van der Waals surface area contributed by atoms with Crippen molar-refractivity contribution in [2.24, 2.45) is 18.9 Å². The average Bonchev–Trinajstić information content (AvgIpc) is 2.64. The van der Waals surface area contributed by atoms with Gasteiger partial charge in [0.15, 0.2) is 0 Å². The second-order valence-electron chi connectivity index (χ2n) is 5.15. The molecule has 0 radical (unpaired) electrons. The molecule has 0 saturated heterocycles. The van der Waals surface area contributed by atoms with Crippen molar-refractivity contribution in [3.05, 3.63) is 11.9 Å². The zero-order valence-corrected chi connectivity index (χ0v) is 10.3. The molecule has 90 valence electrons. The van der Waals surface area contributed by atoms with Gasteiger partial charge in [0.05, 0.1) is 5.69 Å². The second-order valence-corrected chi connectivity index (χ2v) is 5.15. The van der Waals surface area contributed by atoms with E-state index in [1.165, 1.54) is 25.7 Å². The van der Waals surface area contributed by atoms with Gasteiger partial charge in [0, 0.05) is 19.8 Å². The highest BCUT2D eigenvalue weighted by molar-refractivity contribution is 4.91. The normalized spacial score (nSPS) is 25.9. The van der Waals surface area contributed by atoms with E-state index in [-0.39, 0.29) is 0 Å². The molecule has 4 nitrogen and oxygen atoms in total.